The molecule has 192 valence electrons. The highest BCUT2D eigenvalue weighted by atomic mass is 32.2. The van der Waals surface area contributed by atoms with Crippen LogP contribution in [0.3, 0.4) is 0 Å². The molecule has 1 aliphatic carbocycles. The van der Waals surface area contributed by atoms with E-state index in [9.17, 15) is 13.2 Å². The molecule has 0 saturated heterocycles. The molecule has 0 radical (unpaired) electrons. The predicted molar refractivity (Wildman–Crippen MR) is 148 cm³/mol. The largest absolute Gasteiger partial charge is 0.321 e. The van der Waals surface area contributed by atoms with Crippen LogP contribution in [0.15, 0.2) is 72.9 Å². The summed E-state index contributed by atoms with van der Waals surface area (Å²) in [7, 11) is -3.67. The molecule has 0 bridgehead atoms. The van der Waals surface area contributed by atoms with Gasteiger partial charge < -0.3 is 4.57 Å². The Morgan fingerprint density at radius 1 is 0.868 bits per heavy atom. The minimum Gasteiger partial charge on any atom is -0.321 e. The lowest BCUT2D eigenvalue weighted by atomic mass is 9.94. The molecule has 1 amide bonds. The maximum absolute atomic E-state index is 12.5. The highest BCUT2D eigenvalue weighted by Crippen LogP contribution is 2.36. The third-order valence-electron chi connectivity index (χ3n) is 7.04. The van der Waals surface area contributed by atoms with E-state index in [0.717, 1.165) is 71.1 Å². The van der Waals surface area contributed by atoms with Crippen molar-refractivity contribution in [3.63, 3.8) is 0 Å². The highest BCUT2D eigenvalue weighted by molar-refractivity contribution is 7.89. The van der Waals surface area contributed by atoms with Crippen LogP contribution in [0.2, 0.25) is 0 Å². The summed E-state index contributed by atoms with van der Waals surface area (Å²) in [6.07, 6.45) is 8.41. The van der Waals surface area contributed by atoms with E-state index < -0.39 is 15.9 Å². The Balaban J connectivity index is 1.45. The fraction of sp³-hybridized carbons (Fsp3) is 0.241. The molecule has 38 heavy (non-hydrogen) atoms. The van der Waals surface area contributed by atoms with E-state index >= 15 is 0 Å². The maximum Gasteiger partial charge on any atom is 0.264 e. The number of carbonyl (C=O) groups excluding carboxylic acids is 1. The standard InChI is InChI=1S/C29H27N5O3S/c1-38(36,37)33-29(35)21-13-15-27-25(17-21)32-28(34(27)22-10-6-3-7-11-22)20-12-14-23-24(16-20)30-18-26(31-23)19-8-4-2-5-9-19/h2,4-5,8-9,12-18,22H,3,6-7,10-11H2,1H3,(H,33,35). The van der Waals surface area contributed by atoms with Gasteiger partial charge in [0.25, 0.3) is 5.91 Å². The smallest absolute Gasteiger partial charge is 0.264 e. The Kier molecular flexibility index (Phi) is 6.15. The first-order valence-electron chi connectivity index (χ1n) is 12.7. The van der Waals surface area contributed by atoms with E-state index in [4.69, 9.17) is 15.0 Å². The number of rotatable bonds is 5. The van der Waals surface area contributed by atoms with Gasteiger partial charge in [0.2, 0.25) is 10.0 Å². The molecular weight excluding hydrogens is 498 g/mol. The summed E-state index contributed by atoms with van der Waals surface area (Å²) < 4.78 is 27.5. The highest BCUT2D eigenvalue weighted by Gasteiger charge is 2.23. The van der Waals surface area contributed by atoms with Crippen molar-refractivity contribution in [3.05, 3.63) is 78.5 Å². The number of imidazole rings is 1. The molecule has 9 heteroatoms. The summed E-state index contributed by atoms with van der Waals surface area (Å²) in [5, 5.41) is 0. The minimum atomic E-state index is -3.67. The van der Waals surface area contributed by atoms with Gasteiger partial charge in [-0.1, -0.05) is 49.6 Å². The van der Waals surface area contributed by atoms with Crippen LogP contribution >= 0.6 is 0 Å². The van der Waals surface area contributed by atoms with Gasteiger partial charge in [-0.15, -0.1) is 0 Å². The summed E-state index contributed by atoms with van der Waals surface area (Å²) in [6, 6.07) is 21.4. The molecule has 5 aromatic rings. The molecule has 3 aromatic carbocycles. The molecular formula is C29H27N5O3S. The molecule has 1 fully saturated rings. The second-order valence-corrected chi connectivity index (χ2v) is 11.6. The lowest BCUT2D eigenvalue weighted by Crippen LogP contribution is -2.29. The van der Waals surface area contributed by atoms with E-state index in [-0.39, 0.29) is 5.56 Å². The zero-order valence-corrected chi connectivity index (χ0v) is 21.8. The normalized spacial score (nSPS) is 14.7. The van der Waals surface area contributed by atoms with Gasteiger partial charge in [-0.25, -0.2) is 23.1 Å². The number of nitrogens with one attached hydrogen (secondary N) is 1. The summed E-state index contributed by atoms with van der Waals surface area (Å²) in [5.74, 6) is 0.141. The van der Waals surface area contributed by atoms with Crippen LogP contribution < -0.4 is 4.72 Å². The van der Waals surface area contributed by atoms with Gasteiger partial charge in [-0.3, -0.25) is 9.78 Å². The zero-order chi connectivity index (χ0) is 26.3. The quantitative estimate of drug-likeness (QED) is 0.324. The van der Waals surface area contributed by atoms with Crippen molar-refractivity contribution in [2.45, 2.75) is 38.1 Å². The molecule has 1 N–H and O–H groups in total. The third-order valence-corrected chi connectivity index (χ3v) is 7.60. The van der Waals surface area contributed by atoms with Crippen LogP contribution in [0.5, 0.6) is 0 Å². The van der Waals surface area contributed by atoms with E-state index in [1.807, 2.05) is 59.3 Å². The van der Waals surface area contributed by atoms with Crippen LogP contribution in [0.1, 0.15) is 48.5 Å². The number of aromatic nitrogens is 4. The molecule has 0 unspecified atom stereocenters. The van der Waals surface area contributed by atoms with Gasteiger partial charge in [0.1, 0.15) is 5.82 Å². The molecule has 2 aromatic heterocycles. The van der Waals surface area contributed by atoms with Crippen LogP contribution in [0.25, 0.3) is 44.7 Å². The average molecular weight is 526 g/mol. The van der Waals surface area contributed by atoms with Gasteiger partial charge in [0.15, 0.2) is 0 Å². The van der Waals surface area contributed by atoms with Crippen molar-refractivity contribution in [1.29, 1.82) is 0 Å². The molecule has 2 heterocycles. The summed E-state index contributed by atoms with van der Waals surface area (Å²) in [4.78, 5) is 27.0. The number of hydrogen-bond acceptors (Lipinski definition) is 6. The SMILES string of the molecule is CS(=O)(=O)NC(=O)c1ccc2c(c1)nc(-c1ccc3nc(-c4ccccc4)cnc3c1)n2C1CCCCC1. The summed E-state index contributed by atoms with van der Waals surface area (Å²) in [6.45, 7) is 0. The van der Waals surface area contributed by atoms with Gasteiger partial charge >= 0.3 is 0 Å². The Hall–Kier alpha value is -4.11. The van der Waals surface area contributed by atoms with Crippen LogP contribution in [0, 0.1) is 0 Å². The Labute approximate surface area is 220 Å². The molecule has 0 atom stereocenters. The monoisotopic (exact) mass is 525 g/mol. The fourth-order valence-corrected chi connectivity index (χ4v) is 5.73. The second kappa shape index (κ2) is 9.64. The summed E-state index contributed by atoms with van der Waals surface area (Å²) in [5.41, 5.74) is 6.16. The first-order valence-corrected chi connectivity index (χ1v) is 14.6. The lowest BCUT2D eigenvalue weighted by Gasteiger charge is -2.25. The van der Waals surface area contributed by atoms with Crippen LogP contribution in [-0.2, 0) is 10.0 Å². The first-order chi connectivity index (χ1) is 18.4. The maximum atomic E-state index is 12.5. The zero-order valence-electron chi connectivity index (χ0n) is 21.0. The van der Waals surface area contributed by atoms with Crippen molar-refractivity contribution in [2.24, 2.45) is 0 Å². The van der Waals surface area contributed by atoms with Crippen molar-refractivity contribution >= 4 is 38.0 Å². The molecule has 1 saturated carbocycles. The molecule has 0 spiro atoms. The number of nitrogens with zero attached hydrogens (tertiary/aromatic N) is 4. The Morgan fingerprint density at radius 2 is 1.66 bits per heavy atom. The number of fused-ring (bicyclic) bond motifs is 2. The molecule has 1 aliphatic rings. The number of hydrogen-bond donors (Lipinski definition) is 1. The van der Waals surface area contributed by atoms with Gasteiger partial charge in [0, 0.05) is 22.7 Å². The van der Waals surface area contributed by atoms with E-state index in [1.54, 1.807) is 18.3 Å². The van der Waals surface area contributed by atoms with E-state index in [0.29, 0.717) is 11.6 Å². The fourth-order valence-electron chi connectivity index (χ4n) is 5.28. The molecule has 8 nitrogen and oxygen atoms in total. The van der Waals surface area contributed by atoms with Gasteiger partial charge in [0.05, 0.1) is 40.2 Å². The summed E-state index contributed by atoms with van der Waals surface area (Å²) >= 11 is 0. The molecule has 0 aliphatic heterocycles. The third kappa shape index (κ3) is 4.77. The number of amides is 1. The van der Waals surface area contributed by atoms with Crippen molar-refractivity contribution in [3.8, 4) is 22.6 Å². The van der Waals surface area contributed by atoms with Crippen LogP contribution in [-0.4, -0.2) is 40.1 Å². The Morgan fingerprint density at radius 3 is 2.42 bits per heavy atom. The van der Waals surface area contributed by atoms with Gasteiger partial charge in [-0.2, -0.15) is 0 Å². The van der Waals surface area contributed by atoms with E-state index in [1.165, 1.54) is 6.42 Å². The van der Waals surface area contributed by atoms with E-state index in [2.05, 4.69) is 4.57 Å². The lowest BCUT2D eigenvalue weighted by molar-refractivity contribution is 0.0982. The average Bonchev–Trinajstić information content (AvgIpc) is 3.31. The number of carbonyl (C=O) groups is 1. The predicted octanol–water partition coefficient (Wildman–Crippen LogP) is 5.51. The van der Waals surface area contributed by atoms with Gasteiger partial charge in [-0.05, 0) is 49.2 Å². The topological polar surface area (TPSA) is 107 Å². The van der Waals surface area contributed by atoms with Crippen molar-refractivity contribution in [1.82, 2.24) is 24.2 Å². The van der Waals surface area contributed by atoms with Crippen LogP contribution in [0.4, 0.5) is 0 Å². The number of benzene rings is 3. The number of sulfonamides is 1. The first kappa shape index (κ1) is 24.2. The minimum absolute atomic E-state index is 0.251. The molecule has 6 rings (SSSR count). The van der Waals surface area contributed by atoms with Crippen molar-refractivity contribution in [2.75, 3.05) is 6.26 Å². The second-order valence-electron chi connectivity index (χ2n) is 9.83. The van der Waals surface area contributed by atoms with Crippen molar-refractivity contribution < 1.29 is 13.2 Å². The Bertz CT molecular complexity index is 1770.